The van der Waals surface area contributed by atoms with Gasteiger partial charge in [0.05, 0.1) is 5.69 Å². The Labute approximate surface area is 241 Å². The van der Waals surface area contributed by atoms with Crippen LogP contribution in [0.5, 0.6) is 5.75 Å². The number of para-hydroxylation sites is 2. The van der Waals surface area contributed by atoms with E-state index in [-0.39, 0.29) is 12.5 Å². The minimum absolute atomic E-state index is 0.171. The Morgan fingerprint density at radius 3 is 2.44 bits per heavy atom. The number of amidine groups is 1. The summed E-state index contributed by atoms with van der Waals surface area (Å²) < 4.78 is 6.06. The molecule has 4 aromatic carbocycles. The molecule has 0 saturated carbocycles. The molecular weight excluding hydrogens is 510 g/mol. The predicted molar refractivity (Wildman–Crippen MR) is 165 cm³/mol. The van der Waals surface area contributed by atoms with Crippen LogP contribution < -0.4 is 9.64 Å². The number of anilines is 1. The topological polar surface area (TPSA) is 65.4 Å². The second kappa shape index (κ2) is 12.1. The van der Waals surface area contributed by atoms with Gasteiger partial charge >= 0.3 is 0 Å². The first-order valence-corrected chi connectivity index (χ1v) is 14.3. The highest BCUT2D eigenvalue weighted by Crippen LogP contribution is 2.31. The van der Waals surface area contributed by atoms with Crippen LogP contribution in [0.25, 0.3) is 16.8 Å². The van der Waals surface area contributed by atoms with Crippen molar-refractivity contribution >= 4 is 34.3 Å². The third-order valence-electron chi connectivity index (χ3n) is 7.99. The molecule has 0 bridgehead atoms. The average molecular weight is 546 g/mol. The van der Waals surface area contributed by atoms with Crippen molar-refractivity contribution in [2.75, 3.05) is 31.1 Å². The third-order valence-corrected chi connectivity index (χ3v) is 7.99. The van der Waals surface area contributed by atoms with E-state index in [9.17, 15) is 9.90 Å². The number of β-amino-alcohol motifs (C(OH)–C–C–N with tert-alkyl or cyclic N) is 1. The summed E-state index contributed by atoms with van der Waals surface area (Å²) in [6, 6.07) is 32.4. The van der Waals surface area contributed by atoms with E-state index in [1.165, 1.54) is 16.3 Å². The summed E-state index contributed by atoms with van der Waals surface area (Å²) in [6.45, 7) is 4.48. The Hall–Kier alpha value is -4.26. The van der Waals surface area contributed by atoms with Gasteiger partial charge in [-0.1, -0.05) is 78.9 Å². The number of carbonyl (C=O) groups is 1. The molecule has 1 N–H and O–H groups in total. The molecule has 4 aromatic rings. The fraction of sp³-hybridized carbons (Fsp3) is 0.257. The number of piperidine rings is 1. The second-order valence-electron chi connectivity index (χ2n) is 10.8. The van der Waals surface area contributed by atoms with Crippen LogP contribution in [0.15, 0.2) is 108 Å². The van der Waals surface area contributed by atoms with Gasteiger partial charge in [-0.2, -0.15) is 0 Å². The van der Waals surface area contributed by atoms with Crippen molar-refractivity contribution in [3.05, 3.63) is 114 Å². The summed E-state index contributed by atoms with van der Waals surface area (Å²) >= 11 is 0. The maximum Gasteiger partial charge on any atom is 0.282 e. The van der Waals surface area contributed by atoms with Gasteiger partial charge in [0.25, 0.3) is 5.91 Å². The Morgan fingerprint density at radius 2 is 1.63 bits per heavy atom. The van der Waals surface area contributed by atoms with Crippen LogP contribution in [-0.2, 0) is 4.79 Å². The van der Waals surface area contributed by atoms with Crippen molar-refractivity contribution in [2.45, 2.75) is 31.8 Å². The number of fused-ring (bicyclic) bond motifs is 1. The van der Waals surface area contributed by atoms with E-state index in [1.54, 1.807) is 11.0 Å². The minimum Gasteiger partial charge on any atom is -0.490 e. The van der Waals surface area contributed by atoms with Gasteiger partial charge < -0.3 is 14.7 Å². The van der Waals surface area contributed by atoms with Crippen molar-refractivity contribution in [2.24, 2.45) is 4.99 Å². The number of hydrogen-bond acceptors (Lipinski definition) is 5. The van der Waals surface area contributed by atoms with E-state index < -0.39 is 6.10 Å². The van der Waals surface area contributed by atoms with Gasteiger partial charge in [0, 0.05) is 12.1 Å². The summed E-state index contributed by atoms with van der Waals surface area (Å²) in [5.74, 6) is 1.63. The number of hydrogen-bond donors (Lipinski definition) is 1. The first-order valence-electron chi connectivity index (χ1n) is 14.3. The van der Waals surface area contributed by atoms with Crippen molar-refractivity contribution < 1.29 is 14.6 Å². The number of aliphatic hydroxyl groups is 1. The molecule has 0 spiro atoms. The molecule has 2 aliphatic rings. The fourth-order valence-electron chi connectivity index (χ4n) is 5.83. The molecule has 208 valence electrons. The maximum absolute atomic E-state index is 13.1. The number of likely N-dealkylation sites (tertiary alicyclic amines) is 1. The van der Waals surface area contributed by atoms with Gasteiger partial charge in [0.1, 0.15) is 30.0 Å². The highest BCUT2D eigenvalue weighted by Gasteiger charge is 2.29. The number of rotatable bonds is 8. The normalized spacial score (nSPS) is 18.2. The van der Waals surface area contributed by atoms with Gasteiger partial charge in [0.15, 0.2) is 0 Å². The zero-order chi connectivity index (χ0) is 28.2. The first kappa shape index (κ1) is 26.9. The number of carbonyl (C=O) groups excluding carboxylic acids is 1. The molecule has 2 heterocycles. The van der Waals surface area contributed by atoms with Crippen LogP contribution in [0.1, 0.15) is 36.8 Å². The number of benzene rings is 4. The highest BCUT2D eigenvalue weighted by molar-refractivity contribution is 6.28. The van der Waals surface area contributed by atoms with Crippen LogP contribution in [0.2, 0.25) is 0 Å². The van der Waals surface area contributed by atoms with Crippen molar-refractivity contribution in [1.82, 2.24) is 4.90 Å². The van der Waals surface area contributed by atoms with Crippen molar-refractivity contribution in [1.29, 1.82) is 0 Å². The van der Waals surface area contributed by atoms with Crippen LogP contribution in [0, 0.1) is 0 Å². The summed E-state index contributed by atoms with van der Waals surface area (Å²) in [7, 11) is 0. The minimum atomic E-state index is -0.616. The zero-order valence-corrected chi connectivity index (χ0v) is 23.3. The molecule has 6 rings (SSSR count). The predicted octanol–water partition coefficient (Wildman–Crippen LogP) is 6.27. The van der Waals surface area contributed by atoms with E-state index in [2.05, 4.69) is 52.4 Å². The first-order chi connectivity index (χ1) is 20.0. The molecule has 1 atom stereocenters. The molecule has 1 fully saturated rings. The Kier molecular flexibility index (Phi) is 7.94. The summed E-state index contributed by atoms with van der Waals surface area (Å²) in [5.41, 5.74) is 3.31. The van der Waals surface area contributed by atoms with Gasteiger partial charge in [-0.3, -0.25) is 9.69 Å². The Morgan fingerprint density at radius 1 is 0.927 bits per heavy atom. The monoisotopic (exact) mass is 545 g/mol. The summed E-state index contributed by atoms with van der Waals surface area (Å²) in [4.78, 5) is 21.6. The lowest BCUT2D eigenvalue weighted by molar-refractivity contribution is -0.113. The van der Waals surface area contributed by atoms with Crippen LogP contribution >= 0.6 is 0 Å². The second-order valence-corrected chi connectivity index (χ2v) is 10.8. The molecule has 0 radical (unpaired) electrons. The number of amides is 1. The molecular formula is C35H35N3O3. The van der Waals surface area contributed by atoms with Gasteiger partial charge in [0.2, 0.25) is 0 Å². The molecule has 1 saturated heterocycles. The maximum atomic E-state index is 13.1. The smallest absolute Gasteiger partial charge is 0.282 e. The van der Waals surface area contributed by atoms with E-state index in [0.717, 1.165) is 37.2 Å². The van der Waals surface area contributed by atoms with Crippen LogP contribution in [0.4, 0.5) is 5.69 Å². The molecule has 0 aliphatic carbocycles. The Balaban J connectivity index is 1.04. The van der Waals surface area contributed by atoms with E-state index >= 15 is 0 Å². The van der Waals surface area contributed by atoms with E-state index in [0.29, 0.717) is 29.7 Å². The molecule has 0 unspecified atom stereocenters. The standard InChI is InChI=1S/C35H35N3O3/c1-25-36-33(35(40)38(25)31-12-3-2-4-13-31)22-30-11-7-8-14-34(30)41-24-32(39)23-37-19-17-27(18-20-37)29-16-15-26-9-5-6-10-28(26)21-29/h2-16,21-22,27,32,39H,17-20,23-24H2,1H3/t32-/m0/s1. The lowest BCUT2D eigenvalue weighted by Crippen LogP contribution is -2.40. The molecule has 41 heavy (non-hydrogen) atoms. The average Bonchev–Trinajstić information content (AvgIpc) is 3.29. The number of aliphatic hydroxyl groups excluding tert-OH is 1. The summed E-state index contributed by atoms with van der Waals surface area (Å²) in [6.07, 6.45) is 3.30. The molecule has 1 amide bonds. The number of aliphatic imine (C=N–C) groups is 1. The third kappa shape index (κ3) is 6.09. The number of ether oxygens (including phenoxy) is 1. The van der Waals surface area contributed by atoms with E-state index in [4.69, 9.17) is 4.74 Å². The molecule has 2 aliphatic heterocycles. The lowest BCUT2D eigenvalue weighted by atomic mass is 9.88. The van der Waals surface area contributed by atoms with Gasteiger partial charge in [-0.15, -0.1) is 0 Å². The zero-order valence-electron chi connectivity index (χ0n) is 23.3. The van der Waals surface area contributed by atoms with Crippen LogP contribution in [-0.4, -0.2) is 54.1 Å². The molecule has 0 aromatic heterocycles. The Bertz CT molecular complexity index is 1590. The van der Waals surface area contributed by atoms with Gasteiger partial charge in [-0.25, -0.2) is 4.99 Å². The quantitative estimate of drug-likeness (QED) is 0.265. The van der Waals surface area contributed by atoms with E-state index in [1.807, 2.05) is 61.5 Å². The van der Waals surface area contributed by atoms with Gasteiger partial charge in [-0.05, 0) is 79.4 Å². The summed E-state index contributed by atoms with van der Waals surface area (Å²) in [5, 5.41) is 13.4. The largest absolute Gasteiger partial charge is 0.490 e. The molecule has 6 nitrogen and oxygen atoms in total. The van der Waals surface area contributed by atoms with Crippen molar-refractivity contribution in [3.8, 4) is 5.75 Å². The highest BCUT2D eigenvalue weighted by atomic mass is 16.5. The van der Waals surface area contributed by atoms with Crippen molar-refractivity contribution in [3.63, 3.8) is 0 Å². The SMILES string of the molecule is CC1=NC(=Cc2ccccc2OC[C@@H](O)CN2CCC(c3ccc4ccccc4c3)CC2)C(=O)N1c1ccccc1. The lowest BCUT2D eigenvalue weighted by Gasteiger charge is -2.33. The molecule has 6 heteroatoms. The van der Waals surface area contributed by atoms with Crippen LogP contribution in [0.3, 0.4) is 0 Å². The fourth-order valence-corrected chi connectivity index (χ4v) is 5.83. The number of nitrogens with zero attached hydrogens (tertiary/aromatic N) is 3.